The van der Waals surface area contributed by atoms with Gasteiger partial charge in [-0.25, -0.2) is 15.0 Å². The van der Waals surface area contributed by atoms with Gasteiger partial charge in [-0.05, 0) is 64.2 Å². The van der Waals surface area contributed by atoms with Crippen molar-refractivity contribution in [2.75, 3.05) is 0 Å². The lowest BCUT2D eigenvalue weighted by molar-refractivity contribution is 0.670. The zero-order chi connectivity index (χ0) is 41.0. The summed E-state index contributed by atoms with van der Waals surface area (Å²) in [5.41, 5.74) is 14.1. The highest BCUT2D eigenvalue weighted by atomic mass is 16.3. The van der Waals surface area contributed by atoms with Gasteiger partial charge in [-0.3, -0.25) is 0 Å². The zero-order valence-electron chi connectivity index (χ0n) is 33.5. The Hall–Kier alpha value is -8.41. The summed E-state index contributed by atoms with van der Waals surface area (Å²) in [6, 6.07) is 76.2. The molecule has 0 bridgehead atoms. The molecule has 62 heavy (non-hydrogen) atoms. The molecule has 0 N–H and O–H groups in total. The summed E-state index contributed by atoms with van der Waals surface area (Å²) in [5.74, 6) is 1.80. The molecule has 5 nitrogen and oxygen atoms in total. The molecular weight excluding hydrogens is 757 g/mol. The maximum Gasteiger partial charge on any atom is 0.164 e. The van der Waals surface area contributed by atoms with E-state index in [9.17, 15) is 0 Å². The third-order valence-electron chi connectivity index (χ3n) is 11.9. The summed E-state index contributed by atoms with van der Waals surface area (Å²) in [6.45, 7) is 0. The van der Waals surface area contributed by atoms with Crippen molar-refractivity contribution >= 4 is 43.7 Å². The van der Waals surface area contributed by atoms with Crippen LogP contribution in [0.1, 0.15) is 0 Å². The molecule has 0 aliphatic carbocycles. The van der Waals surface area contributed by atoms with Crippen molar-refractivity contribution in [2.45, 2.75) is 0 Å². The number of fused-ring (bicyclic) bond motifs is 6. The van der Waals surface area contributed by atoms with Crippen LogP contribution in [0.15, 0.2) is 223 Å². The average Bonchev–Trinajstić information content (AvgIpc) is 3.89. The fourth-order valence-electron chi connectivity index (χ4n) is 8.91. The lowest BCUT2D eigenvalue weighted by Crippen LogP contribution is -2.01. The van der Waals surface area contributed by atoms with Crippen LogP contribution in [0.5, 0.6) is 0 Å². The summed E-state index contributed by atoms with van der Waals surface area (Å²) >= 11 is 0. The normalized spacial score (nSPS) is 11.5. The first-order chi connectivity index (χ1) is 30.7. The van der Waals surface area contributed by atoms with Gasteiger partial charge in [0, 0.05) is 55.6 Å². The van der Waals surface area contributed by atoms with Crippen LogP contribution in [0.25, 0.3) is 117 Å². The highest BCUT2D eigenvalue weighted by Gasteiger charge is 2.22. The van der Waals surface area contributed by atoms with E-state index in [4.69, 9.17) is 19.4 Å². The van der Waals surface area contributed by atoms with Crippen molar-refractivity contribution in [2.24, 2.45) is 0 Å². The molecule has 290 valence electrons. The van der Waals surface area contributed by atoms with Gasteiger partial charge in [0.2, 0.25) is 0 Å². The van der Waals surface area contributed by atoms with Crippen molar-refractivity contribution in [3.05, 3.63) is 218 Å². The largest absolute Gasteiger partial charge is 0.455 e. The standard InChI is InChI=1S/C57H36N4O/c1-5-17-37(18-6-1)40-23-15-24-41(33-40)42-31-32-44(50(34-42)57-59-55(38-19-7-2-8-20-38)58-56(60-57)39-21-9-3-10-22-39)46-28-16-29-47-49-35-48-45-27-13-14-30-51(45)61(43-25-11-4-12-26-43)52(48)36-53(49)62-54(46)47/h1-36H. The van der Waals surface area contributed by atoms with Crippen LogP contribution in [0, 0.1) is 0 Å². The van der Waals surface area contributed by atoms with Crippen LogP contribution in [-0.2, 0) is 0 Å². The Morgan fingerprint density at radius 2 is 0.855 bits per heavy atom. The van der Waals surface area contributed by atoms with E-state index >= 15 is 0 Å². The van der Waals surface area contributed by atoms with E-state index in [1.807, 2.05) is 66.7 Å². The minimum absolute atomic E-state index is 0.580. The number of para-hydroxylation sites is 3. The Kier molecular flexibility index (Phi) is 8.42. The maximum atomic E-state index is 7.02. The number of rotatable bonds is 7. The molecule has 0 fully saturated rings. The molecule has 0 radical (unpaired) electrons. The molecule has 0 amide bonds. The van der Waals surface area contributed by atoms with Gasteiger partial charge in [-0.1, -0.05) is 176 Å². The van der Waals surface area contributed by atoms with Crippen LogP contribution in [0.4, 0.5) is 0 Å². The number of hydrogen-bond donors (Lipinski definition) is 0. The van der Waals surface area contributed by atoms with Gasteiger partial charge in [-0.2, -0.15) is 0 Å². The van der Waals surface area contributed by atoms with Gasteiger partial charge in [0.25, 0.3) is 0 Å². The Bertz CT molecular complexity index is 3560. The molecule has 0 saturated heterocycles. The van der Waals surface area contributed by atoms with Gasteiger partial charge >= 0.3 is 0 Å². The predicted octanol–water partition coefficient (Wildman–Crippen LogP) is 14.9. The molecule has 0 atom stereocenters. The summed E-state index contributed by atoms with van der Waals surface area (Å²) in [4.78, 5) is 15.5. The van der Waals surface area contributed by atoms with E-state index in [1.165, 1.54) is 16.3 Å². The lowest BCUT2D eigenvalue weighted by atomic mass is 9.92. The SMILES string of the molecule is c1ccc(-c2cccc(-c3ccc(-c4cccc5c4oc4cc6c(cc45)c4ccccc4n6-c4ccccc4)c(-c4nc(-c5ccccc5)nc(-c5ccccc5)n4)c3)c2)cc1. The van der Waals surface area contributed by atoms with Crippen molar-refractivity contribution in [3.8, 4) is 73.2 Å². The predicted molar refractivity (Wildman–Crippen MR) is 254 cm³/mol. The molecule has 9 aromatic carbocycles. The van der Waals surface area contributed by atoms with Crippen molar-refractivity contribution in [3.63, 3.8) is 0 Å². The van der Waals surface area contributed by atoms with Crippen LogP contribution < -0.4 is 0 Å². The first-order valence-electron chi connectivity index (χ1n) is 20.8. The molecule has 0 spiro atoms. The van der Waals surface area contributed by atoms with Gasteiger partial charge in [0.05, 0.1) is 11.0 Å². The Morgan fingerprint density at radius 3 is 1.56 bits per heavy atom. The van der Waals surface area contributed by atoms with E-state index < -0.39 is 0 Å². The van der Waals surface area contributed by atoms with Crippen LogP contribution >= 0.6 is 0 Å². The summed E-state index contributed by atoms with van der Waals surface area (Å²) in [5, 5.41) is 4.50. The first kappa shape index (κ1) is 35.5. The Morgan fingerprint density at radius 1 is 0.306 bits per heavy atom. The Balaban J connectivity index is 1.10. The highest BCUT2D eigenvalue weighted by Crippen LogP contribution is 2.44. The highest BCUT2D eigenvalue weighted by molar-refractivity contribution is 6.19. The fraction of sp³-hybridized carbons (Fsp3) is 0. The van der Waals surface area contributed by atoms with Crippen molar-refractivity contribution in [1.29, 1.82) is 0 Å². The zero-order valence-corrected chi connectivity index (χ0v) is 33.5. The lowest BCUT2D eigenvalue weighted by Gasteiger charge is -2.15. The van der Waals surface area contributed by atoms with E-state index in [0.717, 1.165) is 83.2 Å². The van der Waals surface area contributed by atoms with Gasteiger partial charge in [-0.15, -0.1) is 0 Å². The second kappa shape index (κ2) is 14.7. The molecule has 3 aromatic heterocycles. The minimum atomic E-state index is 0.580. The Labute approximate surface area is 357 Å². The number of benzene rings is 9. The number of nitrogens with zero attached hydrogens (tertiary/aromatic N) is 4. The quantitative estimate of drug-likeness (QED) is 0.161. The molecule has 0 unspecified atom stereocenters. The second-order valence-electron chi connectivity index (χ2n) is 15.6. The van der Waals surface area contributed by atoms with Gasteiger partial charge in [0.1, 0.15) is 11.2 Å². The summed E-state index contributed by atoms with van der Waals surface area (Å²) < 4.78 is 9.35. The van der Waals surface area contributed by atoms with Crippen LogP contribution in [-0.4, -0.2) is 19.5 Å². The number of furan rings is 1. The van der Waals surface area contributed by atoms with Crippen molar-refractivity contribution < 1.29 is 4.42 Å². The van der Waals surface area contributed by atoms with Crippen LogP contribution in [0.2, 0.25) is 0 Å². The summed E-state index contributed by atoms with van der Waals surface area (Å²) in [6.07, 6.45) is 0. The van der Waals surface area contributed by atoms with E-state index in [1.54, 1.807) is 0 Å². The van der Waals surface area contributed by atoms with E-state index in [2.05, 4.69) is 156 Å². The topological polar surface area (TPSA) is 56.7 Å². The van der Waals surface area contributed by atoms with Gasteiger partial charge in [0.15, 0.2) is 17.5 Å². The molecule has 5 heteroatoms. The van der Waals surface area contributed by atoms with E-state index in [0.29, 0.717) is 17.5 Å². The minimum Gasteiger partial charge on any atom is -0.455 e. The monoisotopic (exact) mass is 792 g/mol. The third-order valence-corrected chi connectivity index (χ3v) is 11.9. The molecule has 12 aromatic rings. The fourth-order valence-corrected chi connectivity index (χ4v) is 8.91. The average molecular weight is 793 g/mol. The van der Waals surface area contributed by atoms with Crippen LogP contribution in [0.3, 0.4) is 0 Å². The number of aromatic nitrogens is 4. The summed E-state index contributed by atoms with van der Waals surface area (Å²) in [7, 11) is 0. The van der Waals surface area contributed by atoms with E-state index in [-0.39, 0.29) is 0 Å². The second-order valence-corrected chi connectivity index (χ2v) is 15.6. The molecule has 0 aliphatic rings. The number of hydrogen-bond acceptors (Lipinski definition) is 4. The maximum absolute atomic E-state index is 7.02. The third kappa shape index (κ3) is 6.06. The molecular formula is C57H36N4O. The van der Waals surface area contributed by atoms with Crippen molar-refractivity contribution in [1.82, 2.24) is 19.5 Å². The first-order valence-corrected chi connectivity index (χ1v) is 20.8. The molecule has 0 aliphatic heterocycles. The molecule has 0 saturated carbocycles. The smallest absolute Gasteiger partial charge is 0.164 e. The molecule has 3 heterocycles. The molecule has 12 rings (SSSR count). The van der Waals surface area contributed by atoms with Gasteiger partial charge < -0.3 is 8.98 Å².